The van der Waals surface area contributed by atoms with Crippen LogP contribution in [-0.4, -0.2) is 35.1 Å². The van der Waals surface area contributed by atoms with Gasteiger partial charge in [-0.05, 0) is 31.1 Å². The molecule has 1 aliphatic heterocycles. The quantitative estimate of drug-likeness (QED) is 0.687. The lowest BCUT2D eigenvalue weighted by Crippen LogP contribution is -2.32. The summed E-state index contributed by atoms with van der Waals surface area (Å²) in [5, 5.41) is 11.9. The molecule has 1 saturated heterocycles. The first-order valence-corrected chi connectivity index (χ1v) is 7.49. The Bertz CT molecular complexity index is 789. The van der Waals surface area contributed by atoms with Crippen molar-refractivity contribution in [1.29, 1.82) is 5.26 Å². The fourth-order valence-electron chi connectivity index (χ4n) is 2.44. The Labute approximate surface area is 133 Å². The fraction of sp³-hybridized carbons (Fsp3) is 0.294. The molecular weight excluding hydrogens is 292 g/mol. The highest BCUT2D eigenvalue weighted by molar-refractivity contribution is 6.01. The minimum atomic E-state index is -0.419. The molecule has 0 aliphatic carbocycles. The van der Waals surface area contributed by atoms with Crippen molar-refractivity contribution in [3.8, 4) is 6.07 Å². The average molecular weight is 308 g/mol. The van der Waals surface area contributed by atoms with Crippen LogP contribution < -0.4 is 5.32 Å². The van der Waals surface area contributed by atoms with Crippen LogP contribution in [0.25, 0.3) is 17.1 Å². The van der Waals surface area contributed by atoms with Gasteiger partial charge in [0, 0.05) is 13.2 Å². The Hall–Kier alpha value is -2.78. The summed E-state index contributed by atoms with van der Waals surface area (Å²) in [4.78, 5) is 20.8. The van der Waals surface area contributed by atoms with Crippen molar-refractivity contribution in [3.63, 3.8) is 0 Å². The lowest BCUT2D eigenvalue weighted by molar-refractivity contribution is -0.117. The topological polar surface area (TPSA) is 87.9 Å². The zero-order valence-corrected chi connectivity index (χ0v) is 12.5. The molecule has 116 valence electrons. The number of amides is 1. The van der Waals surface area contributed by atoms with Crippen molar-refractivity contribution in [2.75, 3.05) is 13.2 Å². The molecule has 1 aromatic carbocycles. The predicted octanol–water partition coefficient (Wildman–Crippen LogP) is 1.83. The zero-order valence-electron chi connectivity index (χ0n) is 12.5. The first-order chi connectivity index (χ1) is 11.3. The number of benzene rings is 1. The smallest absolute Gasteiger partial charge is 0.262 e. The van der Waals surface area contributed by atoms with Crippen LogP contribution in [0.1, 0.15) is 18.5 Å². The molecule has 2 aromatic rings. The van der Waals surface area contributed by atoms with Crippen molar-refractivity contribution >= 4 is 23.0 Å². The summed E-state index contributed by atoms with van der Waals surface area (Å²) in [6, 6.07) is 9.35. The Morgan fingerprint density at radius 1 is 1.43 bits per heavy atom. The molecule has 0 bridgehead atoms. The van der Waals surface area contributed by atoms with Gasteiger partial charge in [0.15, 0.2) is 0 Å². The Kier molecular flexibility index (Phi) is 4.60. The van der Waals surface area contributed by atoms with Crippen LogP contribution in [-0.2, 0) is 9.53 Å². The molecule has 1 aromatic heterocycles. The minimum absolute atomic E-state index is 0.00702. The predicted molar refractivity (Wildman–Crippen MR) is 85.1 cm³/mol. The third kappa shape index (κ3) is 3.71. The summed E-state index contributed by atoms with van der Waals surface area (Å²) in [5.41, 5.74) is 1.98. The number of ether oxygens (including phenoxy) is 1. The highest BCUT2D eigenvalue weighted by atomic mass is 16.5. The molecule has 1 fully saturated rings. The van der Waals surface area contributed by atoms with E-state index in [1.54, 1.807) is 6.20 Å². The number of rotatable bonds is 4. The number of nitrogens with zero attached hydrogens (tertiary/aromatic N) is 3. The van der Waals surface area contributed by atoms with Crippen LogP contribution in [0.15, 0.2) is 36.0 Å². The van der Waals surface area contributed by atoms with Crippen molar-refractivity contribution in [2.24, 2.45) is 0 Å². The Morgan fingerprint density at radius 2 is 2.26 bits per heavy atom. The van der Waals surface area contributed by atoms with Gasteiger partial charge in [0.2, 0.25) is 0 Å². The van der Waals surface area contributed by atoms with Gasteiger partial charge < -0.3 is 10.1 Å². The summed E-state index contributed by atoms with van der Waals surface area (Å²) < 4.78 is 5.44. The normalized spacial score (nSPS) is 17.9. The average Bonchev–Trinajstić information content (AvgIpc) is 3.11. The molecule has 3 rings (SSSR count). The van der Waals surface area contributed by atoms with Gasteiger partial charge in [-0.15, -0.1) is 0 Å². The molecule has 6 nitrogen and oxygen atoms in total. The number of hydrogen-bond acceptors (Lipinski definition) is 5. The van der Waals surface area contributed by atoms with Gasteiger partial charge in [0.25, 0.3) is 5.91 Å². The van der Waals surface area contributed by atoms with E-state index in [1.165, 1.54) is 6.08 Å². The van der Waals surface area contributed by atoms with Crippen LogP contribution in [0.2, 0.25) is 0 Å². The zero-order chi connectivity index (χ0) is 16.1. The van der Waals surface area contributed by atoms with Crippen LogP contribution in [0.5, 0.6) is 0 Å². The number of hydrogen-bond donors (Lipinski definition) is 1. The summed E-state index contributed by atoms with van der Waals surface area (Å²) in [6.45, 7) is 1.15. The van der Waals surface area contributed by atoms with Gasteiger partial charge in [0.05, 0.1) is 29.0 Å². The van der Waals surface area contributed by atoms with E-state index < -0.39 is 5.91 Å². The maximum Gasteiger partial charge on any atom is 0.262 e. The third-order valence-electron chi connectivity index (χ3n) is 3.64. The van der Waals surface area contributed by atoms with Crippen molar-refractivity contribution < 1.29 is 9.53 Å². The Morgan fingerprint density at radius 3 is 3.00 bits per heavy atom. The maximum absolute atomic E-state index is 12.1. The van der Waals surface area contributed by atoms with Crippen molar-refractivity contribution in [2.45, 2.75) is 18.9 Å². The minimum Gasteiger partial charge on any atom is -0.376 e. The molecule has 0 saturated carbocycles. The largest absolute Gasteiger partial charge is 0.376 e. The summed E-state index contributed by atoms with van der Waals surface area (Å²) >= 11 is 0. The van der Waals surface area contributed by atoms with Crippen LogP contribution in [0.4, 0.5) is 0 Å². The first-order valence-electron chi connectivity index (χ1n) is 7.49. The first kappa shape index (κ1) is 15.1. The van der Waals surface area contributed by atoms with Crippen LogP contribution in [0.3, 0.4) is 0 Å². The van der Waals surface area contributed by atoms with Gasteiger partial charge in [-0.3, -0.25) is 9.78 Å². The van der Waals surface area contributed by atoms with Gasteiger partial charge in [-0.2, -0.15) is 5.26 Å². The number of nitrogens with one attached hydrogen (secondary N) is 1. The van der Waals surface area contributed by atoms with Crippen molar-refractivity contribution in [1.82, 2.24) is 15.3 Å². The van der Waals surface area contributed by atoms with E-state index in [-0.39, 0.29) is 11.7 Å². The highest BCUT2D eigenvalue weighted by Crippen LogP contribution is 2.12. The van der Waals surface area contributed by atoms with E-state index >= 15 is 0 Å². The summed E-state index contributed by atoms with van der Waals surface area (Å²) in [7, 11) is 0. The molecule has 1 amide bonds. The highest BCUT2D eigenvalue weighted by Gasteiger charge is 2.17. The fourth-order valence-corrected chi connectivity index (χ4v) is 2.44. The number of fused-ring (bicyclic) bond motifs is 1. The van der Waals surface area contributed by atoms with E-state index in [9.17, 15) is 10.1 Å². The molecular formula is C17H16N4O2. The van der Waals surface area contributed by atoms with E-state index in [0.717, 1.165) is 30.5 Å². The second-order valence-corrected chi connectivity index (χ2v) is 5.30. The molecule has 1 atom stereocenters. The molecule has 0 unspecified atom stereocenters. The van der Waals surface area contributed by atoms with E-state index in [0.29, 0.717) is 12.2 Å². The number of carbonyl (C=O) groups excluding carboxylic acids is 1. The van der Waals surface area contributed by atoms with E-state index in [1.807, 2.05) is 30.3 Å². The van der Waals surface area contributed by atoms with Gasteiger partial charge in [0.1, 0.15) is 11.6 Å². The lowest BCUT2D eigenvalue weighted by atomic mass is 10.2. The second kappa shape index (κ2) is 6.99. The molecule has 0 spiro atoms. The molecule has 0 radical (unpaired) electrons. The van der Waals surface area contributed by atoms with E-state index in [2.05, 4.69) is 15.3 Å². The van der Waals surface area contributed by atoms with Gasteiger partial charge >= 0.3 is 0 Å². The summed E-state index contributed by atoms with van der Waals surface area (Å²) in [5.74, 6) is -0.419. The van der Waals surface area contributed by atoms with E-state index in [4.69, 9.17) is 4.74 Å². The second-order valence-electron chi connectivity index (χ2n) is 5.30. The monoisotopic (exact) mass is 308 g/mol. The summed E-state index contributed by atoms with van der Waals surface area (Å²) in [6.07, 6.45) is 4.98. The van der Waals surface area contributed by atoms with Crippen LogP contribution in [0, 0.1) is 11.3 Å². The number of aromatic nitrogens is 2. The molecule has 1 aliphatic rings. The van der Waals surface area contributed by atoms with Gasteiger partial charge in [-0.25, -0.2) is 4.98 Å². The Balaban J connectivity index is 1.73. The standard InChI is InChI=1S/C17H16N4O2/c18-9-12(17(22)20-11-14-4-3-7-23-14)8-13-10-19-15-5-1-2-6-16(15)21-13/h1-2,5-6,8,10,14H,3-4,7,11H2,(H,20,22)/b12-8+/t14-/m1/s1. The SMILES string of the molecule is N#C/C(=C\c1cnc2ccccc2n1)C(=O)NC[C@H]1CCCO1. The number of para-hydroxylation sites is 2. The molecule has 6 heteroatoms. The van der Waals surface area contributed by atoms with Crippen molar-refractivity contribution in [3.05, 3.63) is 41.7 Å². The molecule has 23 heavy (non-hydrogen) atoms. The lowest BCUT2D eigenvalue weighted by Gasteiger charge is -2.10. The number of carbonyl (C=O) groups is 1. The maximum atomic E-state index is 12.1. The number of nitriles is 1. The third-order valence-corrected chi connectivity index (χ3v) is 3.64. The van der Waals surface area contributed by atoms with Crippen LogP contribution >= 0.6 is 0 Å². The molecule has 2 heterocycles. The van der Waals surface area contributed by atoms with Gasteiger partial charge in [-0.1, -0.05) is 12.1 Å². The molecule has 1 N–H and O–H groups in total.